The zero-order valence-corrected chi connectivity index (χ0v) is 12.9. The zero-order valence-electron chi connectivity index (χ0n) is 10.6. The maximum Gasteiger partial charge on any atom is 0.309 e. The molecule has 1 aliphatic rings. The number of esters is 1. The molecular formula is C13H12Cl3NO3. The van der Waals surface area contributed by atoms with Gasteiger partial charge in [0.15, 0.2) is 6.61 Å². The molecule has 0 aliphatic heterocycles. The van der Waals surface area contributed by atoms with Gasteiger partial charge in [0, 0.05) is 5.02 Å². The van der Waals surface area contributed by atoms with Crippen molar-refractivity contribution in [1.82, 2.24) is 0 Å². The van der Waals surface area contributed by atoms with Gasteiger partial charge in [-0.05, 0) is 24.5 Å². The van der Waals surface area contributed by atoms with Gasteiger partial charge in [0.05, 0.1) is 21.7 Å². The third-order valence-electron chi connectivity index (χ3n) is 3.03. The van der Waals surface area contributed by atoms with Gasteiger partial charge in [-0.1, -0.05) is 41.7 Å². The third kappa shape index (κ3) is 3.78. The molecule has 1 aromatic rings. The Labute approximate surface area is 131 Å². The molecule has 20 heavy (non-hydrogen) atoms. The van der Waals surface area contributed by atoms with Crippen LogP contribution in [0.25, 0.3) is 0 Å². The van der Waals surface area contributed by atoms with E-state index in [-0.39, 0.29) is 34.2 Å². The fourth-order valence-corrected chi connectivity index (χ4v) is 2.64. The van der Waals surface area contributed by atoms with Crippen molar-refractivity contribution in [2.75, 3.05) is 11.9 Å². The van der Waals surface area contributed by atoms with E-state index >= 15 is 0 Å². The molecule has 2 rings (SSSR count). The second-order valence-corrected chi connectivity index (χ2v) is 5.97. The Hall–Kier alpha value is -0.970. The lowest BCUT2D eigenvalue weighted by Gasteiger charge is -2.10. The average molecular weight is 337 g/mol. The summed E-state index contributed by atoms with van der Waals surface area (Å²) in [6.07, 6.45) is 0.815. The molecule has 2 atom stereocenters. The van der Waals surface area contributed by atoms with Crippen molar-refractivity contribution >= 4 is 52.4 Å². The summed E-state index contributed by atoms with van der Waals surface area (Å²) >= 11 is 17.6. The van der Waals surface area contributed by atoms with E-state index in [9.17, 15) is 9.59 Å². The van der Waals surface area contributed by atoms with Crippen molar-refractivity contribution in [2.45, 2.75) is 13.3 Å². The smallest absolute Gasteiger partial charge is 0.309 e. The summed E-state index contributed by atoms with van der Waals surface area (Å²) in [5.41, 5.74) is 0.249. The number of nitrogens with one attached hydrogen (secondary N) is 1. The first-order chi connectivity index (χ1) is 9.38. The lowest BCUT2D eigenvalue weighted by atomic mass is 10.3. The molecule has 0 heterocycles. The van der Waals surface area contributed by atoms with Crippen LogP contribution in [0.4, 0.5) is 5.69 Å². The second-order valence-electron chi connectivity index (χ2n) is 4.72. The Bertz CT molecular complexity index is 539. The summed E-state index contributed by atoms with van der Waals surface area (Å²) in [6, 6.07) is 2.92. The Morgan fingerprint density at radius 1 is 1.30 bits per heavy atom. The highest BCUT2D eigenvalue weighted by Gasteiger charge is 2.40. The molecule has 1 saturated carbocycles. The molecule has 0 aromatic heterocycles. The average Bonchev–Trinajstić information content (AvgIpc) is 3.08. The number of amides is 1. The predicted molar refractivity (Wildman–Crippen MR) is 78.3 cm³/mol. The van der Waals surface area contributed by atoms with E-state index < -0.39 is 5.91 Å². The number of rotatable bonds is 4. The largest absolute Gasteiger partial charge is 0.455 e. The van der Waals surface area contributed by atoms with Crippen molar-refractivity contribution < 1.29 is 14.3 Å². The maximum absolute atomic E-state index is 11.7. The van der Waals surface area contributed by atoms with Crippen LogP contribution in [0.1, 0.15) is 13.3 Å². The van der Waals surface area contributed by atoms with Crippen molar-refractivity contribution in [3.8, 4) is 0 Å². The van der Waals surface area contributed by atoms with Gasteiger partial charge in [-0.25, -0.2) is 0 Å². The van der Waals surface area contributed by atoms with Gasteiger partial charge < -0.3 is 10.1 Å². The van der Waals surface area contributed by atoms with Crippen LogP contribution in [0.3, 0.4) is 0 Å². The fraction of sp³-hybridized carbons (Fsp3) is 0.385. The molecule has 7 heteroatoms. The predicted octanol–water partition coefficient (Wildman–Crippen LogP) is 3.78. The van der Waals surface area contributed by atoms with Crippen molar-refractivity contribution in [3.05, 3.63) is 27.2 Å². The molecule has 0 bridgehead atoms. The van der Waals surface area contributed by atoms with Gasteiger partial charge in [0.2, 0.25) is 0 Å². The Morgan fingerprint density at radius 2 is 1.85 bits per heavy atom. The molecule has 1 amide bonds. The molecule has 4 nitrogen and oxygen atoms in total. The van der Waals surface area contributed by atoms with Gasteiger partial charge in [-0.2, -0.15) is 0 Å². The molecule has 1 aliphatic carbocycles. The summed E-state index contributed by atoms with van der Waals surface area (Å²) in [4.78, 5) is 23.2. The molecular weight excluding hydrogens is 325 g/mol. The van der Waals surface area contributed by atoms with Crippen LogP contribution >= 0.6 is 34.8 Å². The van der Waals surface area contributed by atoms with Crippen molar-refractivity contribution in [2.24, 2.45) is 11.8 Å². The number of carbonyl (C=O) groups is 2. The normalized spacial score (nSPS) is 20.4. The monoisotopic (exact) mass is 335 g/mol. The molecule has 108 valence electrons. The SMILES string of the molecule is C[C@H]1C[C@H]1C(=O)OCC(=O)Nc1c(Cl)cc(Cl)cc1Cl. The highest BCUT2D eigenvalue weighted by atomic mass is 35.5. The Morgan fingerprint density at radius 3 is 2.35 bits per heavy atom. The molecule has 1 fully saturated rings. The number of hydrogen-bond donors (Lipinski definition) is 1. The minimum Gasteiger partial charge on any atom is -0.455 e. The van der Waals surface area contributed by atoms with Crippen LogP contribution in [0.15, 0.2) is 12.1 Å². The minimum atomic E-state index is -0.502. The van der Waals surface area contributed by atoms with E-state index in [0.29, 0.717) is 10.9 Å². The van der Waals surface area contributed by atoms with Crippen LogP contribution in [0.2, 0.25) is 15.1 Å². The lowest BCUT2D eigenvalue weighted by molar-refractivity contribution is -0.148. The summed E-state index contributed by atoms with van der Waals surface area (Å²) in [5, 5.41) is 3.30. The van der Waals surface area contributed by atoms with E-state index in [1.54, 1.807) is 0 Å². The van der Waals surface area contributed by atoms with Crippen LogP contribution < -0.4 is 5.32 Å². The Balaban J connectivity index is 1.90. The van der Waals surface area contributed by atoms with Crippen LogP contribution in [0.5, 0.6) is 0 Å². The van der Waals surface area contributed by atoms with Gasteiger partial charge in [-0.15, -0.1) is 0 Å². The minimum absolute atomic E-state index is 0.0782. The standard InChI is InChI=1S/C13H12Cl3NO3/c1-6-2-8(6)13(19)20-5-11(18)17-12-9(15)3-7(14)4-10(12)16/h3-4,6,8H,2,5H2,1H3,(H,17,18)/t6-,8+/m0/s1. The summed E-state index contributed by atoms with van der Waals surface area (Å²) in [6.45, 7) is 1.59. The van der Waals surface area contributed by atoms with Gasteiger partial charge in [-0.3, -0.25) is 9.59 Å². The first-order valence-corrected chi connectivity index (χ1v) is 7.13. The first kappa shape index (κ1) is 15.4. The number of anilines is 1. The number of carbonyl (C=O) groups excluding carboxylic acids is 2. The quantitative estimate of drug-likeness (QED) is 0.851. The first-order valence-electron chi connectivity index (χ1n) is 5.99. The van der Waals surface area contributed by atoms with E-state index in [4.69, 9.17) is 39.5 Å². The molecule has 0 spiro atoms. The highest BCUT2D eigenvalue weighted by Crippen LogP contribution is 2.38. The number of ether oxygens (including phenoxy) is 1. The second kappa shape index (κ2) is 6.20. The van der Waals surface area contributed by atoms with E-state index in [1.165, 1.54) is 12.1 Å². The van der Waals surface area contributed by atoms with Gasteiger partial charge in [0.25, 0.3) is 5.91 Å². The van der Waals surface area contributed by atoms with Crippen LogP contribution in [-0.4, -0.2) is 18.5 Å². The maximum atomic E-state index is 11.7. The van der Waals surface area contributed by atoms with Gasteiger partial charge in [0.1, 0.15) is 0 Å². The Kier molecular flexibility index (Phi) is 4.78. The number of hydrogen-bond acceptors (Lipinski definition) is 3. The van der Waals surface area contributed by atoms with Crippen LogP contribution in [0, 0.1) is 11.8 Å². The van der Waals surface area contributed by atoms with Crippen molar-refractivity contribution in [1.29, 1.82) is 0 Å². The van der Waals surface area contributed by atoms with Crippen molar-refractivity contribution in [3.63, 3.8) is 0 Å². The summed E-state index contributed by atoms with van der Waals surface area (Å²) < 4.78 is 4.91. The van der Waals surface area contributed by atoms with Crippen LogP contribution in [-0.2, 0) is 14.3 Å². The lowest BCUT2D eigenvalue weighted by Crippen LogP contribution is -2.22. The summed E-state index contributed by atoms with van der Waals surface area (Å²) in [5.74, 6) is -0.588. The molecule has 1 aromatic carbocycles. The van der Waals surface area contributed by atoms with E-state index in [2.05, 4.69) is 5.32 Å². The molecule has 0 saturated heterocycles. The summed E-state index contributed by atoms with van der Waals surface area (Å²) in [7, 11) is 0. The van der Waals surface area contributed by atoms with Gasteiger partial charge >= 0.3 is 5.97 Å². The van der Waals surface area contributed by atoms with E-state index in [0.717, 1.165) is 6.42 Å². The topological polar surface area (TPSA) is 55.4 Å². The third-order valence-corrected chi connectivity index (χ3v) is 3.84. The fourth-order valence-electron chi connectivity index (χ4n) is 1.73. The number of halogens is 3. The molecule has 0 radical (unpaired) electrons. The number of benzene rings is 1. The highest BCUT2D eigenvalue weighted by molar-refractivity contribution is 6.42. The molecule has 0 unspecified atom stereocenters. The zero-order chi connectivity index (χ0) is 14.9. The molecule has 1 N–H and O–H groups in total. The van der Waals surface area contributed by atoms with E-state index in [1.807, 2.05) is 6.92 Å².